The highest BCUT2D eigenvalue weighted by Gasteiger charge is 2.19. The Morgan fingerprint density at radius 2 is 1.69 bits per heavy atom. The van der Waals surface area contributed by atoms with Gasteiger partial charge in [0.25, 0.3) is 5.91 Å². The number of benzene rings is 4. The van der Waals surface area contributed by atoms with E-state index in [0.717, 1.165) is 16.5 Å². The third kappa shape index (κ3) is 4.87. The number of nitrogens with one attached hydrogen (secondary N) is 1. The first-order valence-electron chi connectivity index (χ1n) is 11.5. The zero-order valence-electron chi connectivity index (χ0n) is 19.2. The summed E-state index contributed by atoms with van der Waals surface area (Å²) in [6.07, 6.45) is 0.509. The Bertz CT molecular complexity index is 1520. The number of halogens is 2. The van der Waals surface area contributed by atoms with Crippen LogP contribution >= 0.6 is 11.6 Å². The third-order valence-corrected chi connectivity index (χ3v) is 6.35. The molecule has 0 radical (unpaired) electrons. The summed E-state index contributed by atoms with van der Waals surface area (Å²) in [5, 5.41) is 18.9. The van der Waals surface area contributed by atoms with E-state index in [-0.39, 0.29) is 18.3 Å². The van der Waals surface area contributed by atoms with Crippen molar-refractivity contribution in [3.05, 3.63) is 119 Å². The molecule has 36 heavy (non-hydrogen) atoms. The van der Waals surface area contributed by atoms with Gasteiger partial charge in [0.2, 0.25) is 0 Å². The SMILES string of the molecule is O=C(N[C@H](CO)Cc1ccccc1)c1ccc2c(-c3ccccc3Cl)nn(-c3ccc(F)cc3)c2c1. The van der Waals surface area contributed by atoms with Crippen molar-refractivity contribution in [2.75, 3.05) is 6.61 Å². The highest BCUT2D eigenvalue weighted by atomic mass is 35.5. The molecule has 0 spiro atoms. The van der Waals surface area contributed by atoms with Crippen molar-refractivity contribution in [3.8, 4) is 16.9 Å². The summed E-state index contributed by atoms with van der Waals surface area (Å²) in [7, 11) is 0. The molecule has 2 N–H and O–H groups in total. The van der Waals surface area contributed by atoms with E-state index in [0.29, 0.717) is 33.9 Å². The second-order valence-corrected chi connectivity index (χ2v) is 8.90. The molecule has 0 bridgehead atoms. The maximum atomic E-state index is 13.6. The Hall–Kier alpha value is -4.00. The quantitative estimate of drug-likeness (QED) is 0.296. The maximum Gasteiger partial charge on any atom is 0.251 e. The van der Waals surface area contributed by atoms with Crippen LogP contribution in [0.15, 0.2) is 97.1 Å². The minimum absolute atomic E-state index is 0.187. The summed E-state index contributed by atoms with van der Waals surface area (Å²) in [6, 6.07) is 28.0. The van der Waals surface area contributed by atoms with Gasteiger partial charge in [-0.25, -0.2) is 9.07 Å². The van der Waals surface area contributed by atoms with Crippen molar-refractivity contribution in [3.63, 3.8) is 0 Å². The Labute approximate surface area is 212 Å². The second-order valence-electron chi connectivity index (χ2n) is 8.49. The molecule has 5 aromatic rings. The lowest BCUT2D eigenvalue weighted by Crippen LogP contribution is -2.39. The molecule has 0 aliphatic carbocycles. The topological polar surface area (TPSA) is 67.2 Å². The van der Waals surface area contributed by atoms with Gasteiger partial charge in [-0.2, -0.15) is 5.10 Å². The molecule has 0 unspecified atom stereocenters. The van der Waals surface area contributed by atoms with Crippen LogP contribution in [0.3, 0.4) is 0 Å². The number of aliphatic hydroxyl groups is 1. The van der Waals surface area contributed by atoms with E-state index >= 15 is 0 Å². The lowest BCUT2D eigenvalue weighted by atomic mass is 10.0. The maximum absolute atomic E-state index is 13.6. The highest BCUT2D eigenvalue weighted by Crippen LogP contribution is 2.34. The fraction of sp³-hybridized carbons (Fsp3) is 0.103. The van der Waals surface area contributed by atoms with Gasteiger partial charge < -0.3 is 10.4 Å². The largest absolute Gasteiger partial charge is 0.394 e. The van der Waals surface area contributed by atoms with Gasteiger partial charge in [0, 0.05) is 16.5 Å². The predicted molar refractivity (Wildman–Crippen MR) is 140 cm³/mol. The zero-order chi connectivity index (χ0) is 25.1. The molecule has 5 rings (SSSR count). The summed E-state index contributed by atoms with van der Waals surface area (Å²) in [5.74, 6) is -0.659. The number of fused-ring (bicyclic) bond motifs is 1. The number of aromatic nitrogens is 2. The molecule has 1 heterocycles. The van der Waals surface area contributed by atoms with Gasteiger partial charge in [0.15, 0.2) is 0 Å². The molecule has 1 atom stereocenters. The number of hydrogen-bond acceptors (Lipinski definition) is 3. The van der Waals surface area contributed by atoms with Gasteiger partial charge in [-0.1, -0.05) is 60.1 Å². The minimum atomic E-state index is -0.434. The van der Waals surface area contributed by atoms with Crippen LogP contribution in [0.2, 0.25) is 5.02 Å². The summed E-state index contributed by atoms with van der Waals surface area (Å²) in [6.45, 7) is -0.187. The molecule has 5 nitrogen and oxygen atoms in total. The standard InChI is InChI=1S/C29H23ClFN3O2/c30-26-9-5-4-8-24(26)28-25-15-10-20(17-27(25)34(33-28)23-13-11-21(31)12-14-23)29(36)32-22(18-35)16-19-6-2-1-3-7-19/h1-15,17,22,35H,16,18H2,(H,32,36)/t22-/m0/s1. The predicted octanol–water partition coefficient (Wildman–Crippen LogP) is 5.82. The van der Waals surface area contributed by atoms with Crippen LogP contribution < -0.4 is 5.32 Å². The van der Waals surface area contributed by atoms with E-state index < -0.39 is 6.04 Å². The van der Waals surface area contributed by atoms with Crippen molar-refractivity contribution in [2.24, 2.45) is 0 Å². The summed E-state index contributed by atoms with van der Waals surface area (Å²) < 4.78 is 15.3. The average molecular weight is 500 g/mol. The normalized spacial score (nSPS) is 12.0. The number of carbonyl (C=O) groups is 1. The first-order valence-corrected chi connectivity index (χ1v) is 11.9. The van der Waals surface area contributed by atoms with Crippen LogP contribution in [-0.4, -0.2) is 33.4 Å². The van der Waals surface area contributed by atoms with Crippen LogP contribution in [-0.2, 0) is 6.42 Å². The Kier molecular flexibility index (Phi) is 6.80. The molecular formula is C29H23ClFN3O2. The van der Waals surface area contributed by atoms with Gasteiger partial charge in [-0.15, -0.1) is 0 Å². The molecule has 0 aliphatic rings. The molecular weight excluding hydrogens is 477 g/mol. The van der Waals surface area contributed by atoms with Crippen molar-refractivity contribution >= 4 is 28.4 Å². The smallest absolute Gasteiger partial charge is 0.251 e. The summed E-state index contributed by atoms with van der Waals surface area (Å²) in [5.41, 5.74) is 4.17. The number of nitrogens with zero attached hydrogens (tertiary/aromatic N) is 2. The molecule has 1 amide bonds. The second kappa shape index (κ2) is 10.3. The molecule has 0 fully saturated rings. The van der Waals surface area contributed by atoms with Crippen LogP contribution in [0.25, 0.3) is 27.8 Å². The van der Waals surface area contributed by atoms with E-state index in [1.165, 1.54) is 12.1 Å². The lowest BCUT2D eigenvalue weighted by Gasteiger charge is -2.16. The van der Waals surface area contributed by atoms with E-state index in [1.54, 1.807) is 35.0 Å². The van der Waals surface area contributed by atoms with Crippen LogP contribution in [0.4, 0.5) is 4.39 Å². The van der Waals surface area contributed by atoms with E-state index in [9.17, 15) is 14.3 Å². The number of rotatable bonds is 7. The van der Waals surface area contributed by atoms with Gasteiger partial charge in [-0.3, -0.25) is 4.79 Å². The minimum Gasteiger partial charge on any atom is -0.394 e. The lowest BCUT2D eigenvalue weighted by molar-refractivity contribution is 0.0916. The van der Waals surface area contributed by atoms with Crippen molar-refractivity contribution < 1.29 is 14.3 Å². The third-order valence-electron chi connectivity index (χ3n) is 6.02. The first-order chi connectivity index (χ1) is 17.5. The summed E-state index contributed by atoms with van der Waals surface area (Å²) >= 11 is 6.47. The van der Waals surface area contributed by atoms with Gasteiger partial charge >= 0.3 is 0 Å². The van der Waals surface area contributed by atoms with Crippen LogP contribution in [0.1, 0.15) is 15.9 Å². The molecule has 180 valence electrons. The van der Waals surface area contributed by atoms with Crippen molar-refractivity contribution in [1.29, 1.82) is 0 Å². The van der Waals surface area contributed by atoms with E-state index in [4.69, 9.17) is 16.7 Å². The number of carbonyl (C=O) groups excluding carboxylic acids is 1. The number of aliphatic hydroxyl groups excluding tert-OH is 1. The molecule has 7 heteroatoms. The first kappa shape index (κ1) is 23.7. The summed E-state index contributed by atoms with van der Waals surface area (Å²) in [4.78, 5) is 13.1. The Morgan fingerprint density at radius 1 is 0.972 bits per heavy atom. The van der Waals surface area contributed by atoms with Crippen LogP contribution in [0.5, 0.6) is 0 Å². The molecule has 0 saturated carbocycles. The molecule has 1 aromatic heterocycles. The van der Waals surface area contributed by atoms with E-state index in [2.05, 4.69) is 5.32 Å². The number of amides is 1. The zero-order valence-corrected chi connectivity index (χ0v) is 20.0. The van der Waals surface area contributed by atoms with Gasteiger partial charge in [0.05, 0.1) is 28.9 Å². The molecule has 4 aromatic carbocycles. The Balaban J connectivity index is 1.54. The highest BCUT2D eigenvalue weighted by molar-refractivity contribution is 6.33. The van der Waals surface area contributed by atoms with Gasteiger partial charge in [-0.05, 0) is 60.5 Å². The van der Waals surface area contributed by atoms with Crippen LogP contribution in [0, 0.1) is 5.82 Å². The average Bonchev–Trinajstić information content (AvgIpc) is 3.28. The monoisotopic (exact) mass is 499 g/mol. The fourth-order valence-corrected chi connectivity index (χ4v) is 4.44. The fourth-order valence-electron chi connectivity index (χ4n) is 4.22. The van der Waals surface area contributed by atoms with Gasteiger partial charge in [0.1, 0.15) is 11.5 Å². The van der Waals surface area contributed by atoms with Crippen molar-refractivity contribution in [2.45, 2.75) is 12.5 Å². The number of hydrogen-bond donors (Lipinski definition) is 2. The Morgan fingerprint density at radius 3 is 2.42 bits per heavy atom. The van der Waals surface area contributed by atoms with Crippen molar-refractivity contribution in [1.82, 2.24) is 15.1 Å². The molecule has 0 saturated heterocycles. The van der Waals surface area contributed by atoms with E-state index in [1.807, 2.05) is 54.6 Å². The molecule has 0 aliphatic heterocycles.